The Morgan fingerprint density at radius 3 is 1.64 bits per heavy atom. The highest BCUT2D eigenvalue weighted by Gasteiger charge is 2.41. The van der Waals surface area contributed by atoms with E-state index in [1.807, 2.05) is 10.6 Å². The lowest BCUT2D eigenvalue weighted by Crippen LogP contribution is -2.62. The van der Waals surface area contributed by atoms with E-state index in [-0.39, 0.29) is 38.8 Å². The molecule has 0 spiro atoms. The number of nitrogens with two attached hydrogens (primary N) is 3. The molecule has 0 aliphatic carbocycles. The fourth-order valence-electron chi connectivity index (χ4n) is 8.06. The van der Waals surface area contributed by atoms with Crippen molar-refractivity contribution in [2.45, 2.75) is 196 Å². The van der Waals surface area contributed by atoms with Crippen LogP contribution in [0.25, 0.3) is 0 Å². The predicted molar refractivity (Wildman–Crippen MR) is 292 cm³/mol. The van der Waals surface area contributed by atoms with Gasteiger partial charge in [-0.2, -0.15) is 0 Å². The van der Waals surface area contributed by atoms with Crippen LogP contribution in [-0.4, -0.2) is 218 Å². The number of hydrogen-bond donors (Lipinski definition) is 19. The summed E-state index contributed by atoms with van der Waals surface area (Å²) in [7, 11) is 0. The molecule has 9 amide bonds. The van der Waals surface area contributed by atoms with E-state index in [9.17, 15) is 93.3 Å². The molecule has 0 aromatic carbocycles. The average Bonchev–Trinajstić information content (AvgIpc) is 3.43. The van der Waals surface area contributed by atoms with Gasteiger partial charge in [0.05, 0.1) is 43.1 Å². The van der Waals surface area contributed by atoms with Crippen molar-refractivity contribution in [3.63, 3.8) is 0 Å². The zero-order chi connectivity index (χ0) is 62.9. The maximum Gasteiger partial charge on any atom is 0.335 e. The average molecular weight is 1210 g/mol. The van der Waals surface area contributed by atoms with E-state index in [1.165, 1.54) is 0 Å². The third-order valence-corrected chi connectivity index (χ3v) is 13.2. The van der Waals surface area contributed by atoms with E-state index in [1.54, 1.807) is 0 Å². The molecule has 472 valence electrons. The molecule has 0 bridgehead atoms. The van der Waals surface area contributed by atoms with Crippen LogP contribution in [0, 0.1) is 0 Å². The summed E-state index contributed by atoms with van der Waals surface area (Å²) in [6.45, 7) is 2.26. The number of carboxylic acids is 2. The maximum absolute atomic E-state index is 14.1. The zero-order valence-corrected chi connectivity index (χ0v) is 47.5. The molecule has 0 aromatic rings. The number of aliphatic hydroxyl groups excluding tert-OH is 5. The largest absolute Gasteiger partial charge is 0.481 e. The first kappa shape index (κ1) is 74.4. The highest BCUT2D eigenvalue weighted by molar-refractivity contribution is 6.18. The van der Waals surface area contributed by atoms with Crippen LogP contribution < -0.4 is 65.1 Å². The predicted octanol–water partition coefficient (Wildman–Crippen LogP) is -6.58. The molecule has 1 saturated heterocycles. The quantitative estimate of drug-likeness (QED) is 0.0157. The molecule has 1 aliphatic heterocycles. The van der Waals surface area contributed by atoms with Gasteiger partial charge in [0, 0.05) is 0 Å². The molecular formula is C50H85ClN12O20. The van der Waals surface area contributed by atoms with Crippen molar-refractivity contribution >= 4 is 82.7 Å². The topological polar surface area (TPSA) is 542 Å². The highest BCUT2D eigenvalue weighted by Crippen LogP contribution is 2.14. The van der Waals surface area contributed by atoms with Crippen LogP contribution >= 0.6 is 11.6 Å². The minimum atomic E-state index is -2.85. The number of carbonyl (C=O) groups is 12. The summed E-state index contributed by atoms with van der Waals surface area (Å²) in [5.74, 6) is -18.3. The summed E-state index contributed by atoms with van der Waals surface area (Å²) in [5.41, 5.74) is 16.4. The Morgan fingerprint density at radius 1 is 0.627 bits per heavy atom. The molecule has 13 atom stereocenters. The Morgan fingerprint density at radius 2 is 1.13 bits per heavy atom. The van der Waals surface area contributed by atoms with Crippen LogP contribution in [0.5, 0.6) is 0 Å². The van der Waals surface area contributed by atoms with E-state index < -0.39 is 194 Å². The normalized spacial score (nSPS) is 24.9. The lowest BCUT2D eigenvalue weighted by Gasteiger charge is -2.28. The van der Waals surface area contributed by atoms with Crippen molar-refractivity contribution in [1.29, 1.82) is 0 Å². The second-order valence-electron chi connectivity index (χ2n) is 19.6. The van der Waals surface area contributed by atoms with Gasteiger partial charge in [-0.15, -0.1) is 11.6 Å². The molecule has 33 heteroatoms. The number of ether oxygens (including phenoxy) is 1. The molecule has 0 aromatic heterocycles. The van der Waals surface area contributed by atoms with Gasteiger partial charge >= 0.3 is 17.9 Å². The lowest BCUT2D eigenvalue weighted by atomic mass is 10.0. The van der Waals surface area contributed by atoms with Crippen molar-refractivity contribution in [1.82, 2.24) is 47.9 Å². The van der Waals surface area contributed by atoms with Crippen molar-refractivity contribution in [3.05, 3.63) is 11.8 Å². The number of hydrogen-bond acceptors (Lipinski definition) is 21. The van der Waals surface area contributed by atoms with Crippen LogP contribution in [0.3, 0.4) is 0 Å². The van der Waals surface area contributed by atoms with E-state index in [0.717, 1.165) is 64.9 Å². The minimum absolute atomic E-state index is 0.0261. The van der Waals surface area contributed by atoms with Crippen LogP contribution in [0.1, 0.15) is 117 Å². The van der Waals surface area contributed by atoms with Gasteiger partial charge in [-0.05, 0) is 65.6 Å². The summed E-state index contributed by atoms with van der Waals surface area (Å²) < 4.78 is 5.24. The molecule has 0 radical (unpaired) electrons. The van der Waals surface area contributed by atoms with Crippen LogP contribution in [0.4, 0.5) is 0 Å². The Kier molecular flexibility index (Phi) is 35.6. The van der Waals surface area contributed by atoms with E-state index >= 15 is 0 Å². The van der Waals surface area contributed by atoms with Gasteiger partial charge < -0.3 is 106 Å². The number of carbonyl (C=O) groups excluding carboxylic acids is 10. The summed E-state index contributed by atoms with van der Waals surface area (Å²) in [6, 6.07) is -16.1. The standard InChI is InChI=1S/C50H85ClN12O20/c1-4-6-7-8-9-10-11-12-15-32(65)33(66)22-35(68)55-31-24-83-50(82)38(34(67)23-51)62-48(79)39(40(71)49(80)81)63-41(72)26(5-2)56-47(78)37(25(3)64)61-44(75)29(17-20-54)58-42(73)27(14-13-18-52)57-45(76)30(21-36(69)70)60-43(74)28(16-19-53)59-46(31)77/h5,25,27-34,37-40,64-67,71H,4,6-24,52-54H2,1-3H3,(H,55,68)(H,56,78)(H,57,76)(H,58,73)(H,59,77)(H,60,74)(H,61,75)(H,62,79)(H,63,72)(H,69,70)(H,80,81)/b26-5-. The summed E-state index contributed by atoms with van der Waals surface area (Å²) in [4.78, 5) is 162. The number of aliphatic carboxylic acids is 2. The van der Waals surface area contributed by atoms with Gasteiger partial charge in [0.2, 0.25) is 47.3 Å². The number of rotatable bonds is 27. The Bertz CT molecular complexity index is 2210. The summed E-state index contributed by atoms with van der Waals surface area (Å²) >= 11 is 5.84. The number of nitrogens with one attached hydrogen (secondary N) is 9. The molecule has 83 heavy (non-hydrogen) atoms. The SMILES string of the molecule is C/C=C1\NC(=O)C(C(C)O)NC(=O)C(CCN)NC(=O)C(CCCN)NC(=O)C(CC(=O)O)NC(=O)C(CCN)NC(=O)C(NC(=O)CC(O)C(O)CCCCCCCCCC)COC(=O)C(C(O)CCl)NC(=O)C(C(O)C(=O)O)NC1=O. The third kappa shape index (κ3) is 27.1. The number of carboxylic acid groups (broad SMARTS) is 2. The molecule has 0 saturated carbocycles. The number of esters is 1. The number of halogens is 1. The first-order valence-corrected chi connectivity index (χ1v) is 27.8. The van der Waals surface area contributed by atoms with E-state index in [4.69, 9.17) is 33.5 Å². The second kappa shape index (κ2) is 39.8. The first-order chi connectivity index (χ1) is 39.2. The van der Waals surface area contributed by atoms with E-state index in [0.29, 0.717) is 6.42 Å². The van der Waals surface area contributed by atoms with Gasteiger partial charge in [-0.25, -0.2) is 9.59 Å². The molecule has 32 nitrogen and oxygen atoms in total. The smallest absolute Gasteiger partial charge is 0.335 e. The summed E-state index contributed by atoms with van der Waals surface area (Å²) in [6.07, 6.45) is -4.66. The summed E-state index contributed by atoms with van der Waals surface area (Å²) in [5, 5.41) is 92.4. The monoisotopic (exact) mass is 1210 g/mol. The number of unbranched alkanes of at least 4 members (excludes halogenated alkanes) is 7. The van der Waals surface area contributed by atoms with Gasteiger partial charge in [-0.3, -0.25) is 47.9 Å². The van der Waals surface area contributed by atoms with Gasteiger partial charge in [-0.1, -0.05) is 64.4 Å². The van der Waals surface area contributed by atoms with Crippen LogP contribution in [-0.2, 0) is 62.3 Å². The first-order valence-electron chi connectivity index (χ1n) is 27.3. The van der Waals surface area contributed by atoms with Gasteiger partial charge in [0.25, 0.3) is 5.91 Å². The zero-order valence-electron chi connectivity index (χ0n) is 46.8. The molecule has 1 aliphatic rings. The number of amides is 9. The van der Waals surface area contributed by atoms with Gasteiger partial charge in [0.1, 0.15) is 54.6 Å². The maximum atomic E-state index is 14.1. The number of aliphatic hydroxyl groups is 5. The van der Waals surface area contributed by atoms with E-state index in [2.05, 4.69) is 44.1 Å². The fraction of sp³-hybridized carbons (Fsp3) is 0.720. The van der Waals surface area contributed by atoms with Crippen LogP contribution in [0.15, 0.2) is 11.8 Å². The van der Waals surface area contributed by atoms with Crippen LogP contribution in [0.2, 0.25) is 0 Å². The number of alkyl halides is 1. The molecule has 13 unspecified atom stereocenters. The van der Waals surface area contributed by atoms with Gasteiger partial charge in [0.15, 0.2) is 12.1 Å². The van der Waals surface area contributed by atoms with Crippen molar-refractivity contribution < 1.29 is 98.0 Å². The molecule has 1 heterocycles. The molecular weight excluding hydrogens is 1120 g/mol. The minimum Gasteiger partial charge on any atom is -0.481 e. The number of allylic oxidation sites excluding steroid dienone is 1. The van der Waals surface area contributed by atoms with Crippen molar-refractivity contribution in [3.8, 4) is 0 Å². The third-order valence-electron chi connectivity index (χ3n) is 12.8. The molecule has 22 N–H and O–H groups in total. The Hall–Kier alpha value is -6.65. The second-order valence-corrected chi connectivity index (χ2v) is 19.9. The Labute approximate surface area is 484 Å². The number of cyclic esters (lactones) is 1. The molecule has 1 rings (SSSR count). The fourth-order valence-corrected chi connectivity index (χ4v) is 8.23. The Balaban J connectivity index is 4.02. The highest BCUT2D eigenvalue weighted by atomic mass is 35.5. The van der Waals surface area contributed by atoms with Crippen molar-refractivity contribution in [2.75, 3.05) is 32.1 Å². The van der Waals surface area contributed by atoms with Crippen molar-refractivity contribution in [2.24, 2.45) is 17.2 Å². The lowest BCUT2D eigenvalue weighted by molar-refractivity contribution is -0.155. The molecule has 1 fully saturated rings.